The van der Waals surface area contributed by atoms with Crippen LogP contribution in [0, 0.1) is 0 Å². The Morgan fingerprint density at radius 3 is 0.661 bits per heavy atom. The van der Waals surface area contributed by atoms with Gasteiger partial charge in [0.05, 0.1) is 33.1 Å². The largest absolute Gasteiger partial charge is 0.307 e. The van der Waals surface area contributed by atoms with Gasteiger partial charge in [0, 0.05) is 65.3 Å². The Kier molecular flexibility index (Phi) is 5.92. The molecule has 56 heavy (non-hydrogen) atoms. The Bertz CT molecular complexity index is 3170. The first-order chi connectivity index (χ1) is 27.9. The molecule has 2 heteroatoms. The molecule has 0 unspecified atom stereocenters. The predicted molar refractivity (Wildman–Crippen MR) is 238 cm³/mol. The van der Waals surface area contributed by atoms with Gasteiger partial charge in [-0.2, -0.15) is 0 Å². The third-order valence-corrected chi connectivity index (χ3v) is 12.3. The minimum Gasteiger partial charge on any atom is -0.307 e. The van der Waals surface area contributed by atoms with E-state index in [-0.39, 0.29) is 0 Å². The topological polar surface area (TPSA) is 8.82 Å². The van der Waals surface area contributed by atoms with Gasteiger partial charge in [-0.1, -0.05) is 194 Å². The van der Waals surface area contributed by atoms with Crippen LogP contribution in [-0.4, -0.2) is 8.80 Å². The quantitative estimate of drug-likeness (QED) is 0.172. The molecule has 0 radical (unpaired) electrons. The molecule has 13 rings (SSSR count). The van der Waals surface area contributed by atoms with Crippen LogP contribution in [0.5, 0.6) is 0 Å². The van der Waals surface area contributed by atoms with E-state index in [4.69, 9.17) is 0 Å². The fraction of sp³-hybridized carbons (Fsp3) is 0. The van der Waals surface area contributed by atoms with Crippen molar-refractivity contribution in [3.63, 3.8) is 0 Å². The minimum absolute atomic E-state index is 1.22. The lowest BCUT2D eigenvalue weighted by atomic mass is 9.94. The zero-order chi connectivity index (χ0) is 36.5. The summed E-state index contributed by atoms with van der Waals surface area (Å²) in [5, 5.41) is 10.4. The van der Waals surface area contributed by atoms with E-state index in [0.29, 0.717) is 0 Å². The summed E-state index contributed by atoms with van der Waals surface area (Å²) >= 11 is 0. The number of hydrogen-bond donors (Lipinski definition) is 0. The zero-order valence-corrected chi connectivity index (χ0v) is 30.4. The van der Waals surface area contributed by atoms with Crippen LogP contribution in [-0.2, 0) is 0 Å². The summed E-state index contributed by atoms with van der Waals surface area (Å²) in [5.74, 6) is 0. The molecule has 258 valence electrons. The molecule has 13 aromatic rings. The third-order valence-electron chi connectivity index (χ3n) is 12.3. The first kappa shape index (κ1) is 30.0. The van der Waals surface area contributed by atoms with Crippen LogP contribution in [0.4, 0.5) is 0 Å². The Labute approximate surface area is 322 Å². The molecule has 2 nitrogen and oxygen atoms in total. The molecule has 0 atom stereocenters. The van der Waals surface area contributed by atoms with Gasteiger partial charge in [0.25, 0.3) is 0 Å². The van der Waals surface area contributed by atoms with Gasteiger partial charge in [0.2, 0.25) is 0 Å². The van der Waals surface area contributed by atoms with Crippen molar-refractivity contribution in [2.45, 2.75) is 0 Å². The summed E-state index contributed by atoms with van der Waals surface area (Å²) in [5.41, 5.74) is 17.5. The van der Waals surface area contributed by atoms with Crippen LogP contribution in [0.2, 0.25) is 0 Å². The fourth-order valence-corrected chi connectivity index (χ4v) is 10.2. The number of hydrogen-bond acceptors (Lipinski definition) is 0. The predicted octanol–water partition coefficient (Wildman–Crippen LogP) is 14.7. The molecule has 0 spiro atoms. The van der Waals surface area contributed by atoms with E-state index >= 15 is 0 Å². The van der Waals surface area contributed by atoms with Gasteiger partial charge < -0.3 is 8.80 Å². The van der Waals surface area contributed by atoms with Gasteiger partial charge in [-0.25, -0.2) is 0 Å². The average Bonchev–Trinajstić information content (AvgIpc) is 4.01. The van der Waals surface area contributed by atoms with Gasteiger partial charge >= 0.3 is 0 Å². The van der Waals surface area contributed by atoms with Gasteiger partial charge in [-0.15, -0.1) is 0 Å². The summed E-state index contributed by atoms with van der Waals surface area (Å²) in [6.07, 6.45) is 0. The van der Waals surface area contributed by atoms with Gasteiger partial charge in [-0.05, 0) is 22.3 Å². The highest BCUT2D eigenvalue weighted by molar-refractivity contribution is 6.46. The highest BCUT2D eigenvalue weighted by Crippen LogP contribution is 2.55. The molecular formula is C54H32N2. The van der Waals surface area contributed by atoms with Crippen molar-refractivity contribution < 1.29 is 0 Å². The number of rotatable bonds is 4. The van der Waals surface area contributed by atoms with Crippen LogP contribution in [0.1, 0.15) is 0 Å². The maximum absolute atomic E-state index is 2.64. The van der Waals surface area contributed by atoms with Crippen molar-refractivity contribution in [2.24, 2.45) is 0 Å². The highest BCUT2D eigenvalue weighted by Gasteiger charge is 2.31. The van der Waals surface area contributed by atoms with E-state index in [1.807, 2.05) is 0 Å². The zero-order valence-electron chi connectivity index (χ0n) is 30.4. The Morgan fingerprint density at radius 2 is 0.429 bits per heavy atom. The Hall–Kier alpha value is -7.42. The second-order valence-electron chi connectivity index (χ2n) is 15.1. The summed E-state index contributed by atoms with van der Waals surface area (Å²) < 4.78 is 5.28. The third kappa shape index (κ3) is 3.75. The van der Waals surface area contributed by atoms with Crippen molar-refractivity contribution in [1.82, 2.24) is 8.80 Å². The van der Waals surface area contributed by atoms with Crippen molar-refractivity contribution in [2.75, 3.05) is 0 Å². The summed E-state index contributed by atoms with van der Waals surface area (Å²) in [4.78, 5) is 0. The fourth-order valence-electron chi connectivity index (χ4n) is 10.2. The van der Waals surface area contributed by atoms with Crippen LogP contribution < -0.4 is 0 Å². The molecule has 0 amide bonds. The molecule has 0 fully saturated rings. The number of aromatic nitrogens is 2. The Balaban J connectivity index is 1.38. The molecule has 0 N–H and O–H groups in total. The standard InChI is InChI=1S/C54H32N2/c1-5-17-33(18-6-1)37-25-13-29-41-45-46-43-31-15-27-39(35-21-9-3-10-22-35)51(43)56-52-40(36-23-11-4-12-24-36)28-16-32-44(52)48(54(46)56)47-42-30-14-26-38(34-19-7-2-8-20-34)50(42)55(49(37)41)53(45)47/h1-32H. The highest BCUT2D eigenvalue weighted by atomic mass is 15.0. The van der Waals surface area contributed by atoms with Crippen molar-refractivity contribution >= 4 is 76.2 Å². The first-order valence-corrected chi connectivity index (χ1v) is 19.5. The van der Waals surface area contributed by atoms with Gasteiger partial charge in [-0.3, -0.25) is 0 Å². The minimum atomic E-state index is 1.22. The maximum Gasteiger partial charge on any atom is 0.0635 e. The summed E-state index contributed by atoms with van der Waals surface area (Å²) in [7, 11) is 0. The smallest absolute Gasteiger partial charge is 0.0635 e. The SMILES string of the molecule is c1ccc(-c2cccc3c4c5c6cccc(-c7ccccc7)c6n6c7c(-c8ccccc8)cccc7c(c7c8cccc(-c9ccccc9)c8n(c23)c47)c56)cc1. The lowest BCUT2D eigenvalue weighted by Gasteiger charge is -2.10. The van der Waals surface area contributed by atoms with E-state index in [2.05, 4.69) is 203 Å². The lowest BCUT2D eigenvalue weighted by Crippen LogP contribution is -1.88. The number of para-hydroxylation sites is 4. The van der Waals surface area contributed by atoms with Crippen LogP contribution >= 0.6 is 0 Å². The second-order valence-corrected chi connectivity index (χ2v) is 15.1. The maximum atomic E-state index is 2.64. The van der Waals surface area contributed by atoms with Crippen LogP contribution in [0.25, 0.3) is 121 Å². The molecule has 0 aliphatic heterocycles. The van der Waals surface area contributed by atoms with Crippen molar-refractivity contribution in [3.8, 4) is 44.5 Å². The molecule has 0 saturated heterocycles. The molecule has 0 saturated carbocycles. The van der Waals surface area contributed by atoms with Gasteiger partial charge in [0.15, 0.2) is 0 Å². The van der Waals surface area contributed by atoms with Crippen molar-refractivity contribution in [3.05, 3.63) is 194 Å². The summed E-state index contributed by atoms with van der Waals surface area (Å²) in [6, 6.07) is 71.5. The van der Waals surface area contributed by atoms with Gasteiger partial charge in [0.1, 0.15) is 0 Å². The lowest BCUT2D eigenvalue weighted by molar-refractivity contribution is 1.36. The average molecular weight is 709 g/mol. The Morgan fingerprint density at radius 1 is 0.196 bits per heavy atom. The van der Waals surface area contributed by atoms with E-state index < -0.39 is 0 Å². The number of fused-ring (bicyclic) bond motifs is 14. The van der Waals surface area contributed by atoms with Crippen LogP contribution in [0.15, 0.2) is 194 Å². The molecular weight excluding hydrogens is 677 g/mol. The molecule has 4 heterocycles. The molecule has 0 aliphatic rings. The first-order valence-electron chi connectivity index (χ1n) is 19.5. The normalized spacial score (nSPS) is 12.3. The summed E-state index contributed by atoms with van der Waals surface area (Å²) in [6.45, 7) is 0. The van der Waals surface area contributed by atoms with Crippen molar-refractivity contribution in [1.29, 1.82) is 0 Å². The molecule has 0 bridgehead atoms. The second kappa shape index (κ2) is 11.1. The van der Waals surface area contributed by atoms with E-state index in [9.17, 15) is 0 Å². The van der Waals surface area contributed by atoms with Crippen LogP contribution in [0.3, 0.4) is 0 Å². The molecule has 9 aromatic carbocycles. The molecule has 0 aliphatic carbocycles. The molecule has 4 aromatic heterocycles. The van der Waals surface area contributed by atoms with E-state index in [0.717, 1.165) is 0 Å². The monoisotopic (exact) mass is 708 g/mol. The number of benzene rings is 9. The van der Waals surface area contributed by atoms with E-state index in [1.165, 1.54) is 121 Å². The number of nitrogens with zero attached hydrogens (tertiary/aromatic N) is 2. The van der Waals surface area contributed by atoms with E-state index in [1.54, 1.807) is 0 Å².